The molecule has 0 heterocycles. The molecule has 6 heteroatoms. The summed E-state index contributed by atoms with van der Waals surface area (Å²) in [6.07, 6.45) is 4.85. The molecule has 0 unspecified atom stereocenters. The van der Waals surface area contributed by atoms with Gasteiger partial charge in [-0.2, -0.15) is 0 Å². The van der Waals surface area contributed by atoms with Gasteiger partial charge in [0.25, 0.3) is 0 Å². The van der Waals surface area contributed by atoms with Crippen molar-refractivity contribution >= 4 is 5.78 Å². The summed E-state index contributed by atoms with van der Waals surface area (Å²) in [5, 5.41) is 11.2. The topological polar surface area (TPSA) is 74.2 Å². The minimum atomic E-state index is -0.929. The Kier molecular flexibility index (Phi) is 7.27. The SMILES string of the molecule is C=CC[C@]1([C@H](C)[C@@H](O)c2cc(OC)c(OC)c(OC)c2)C[C@@H](OC)C=CC1=O. The maximum absolute atomic E-state index is 12.9. The average molecular weight is 390 g/mol. The van der Waals surface area contributed by atoms with Gasteiger partial charge in [0.05, 0.1) is 33.5 Å². The first-order chi connectivity index (χ1) is 13.4. The van der Waals surface area contributed by atoms with Crippen molar-refractivity contribution in [3.8, 4) is 17.2 Å². The zero-order valence-electron chi connectivity index (χ0n) is 17.2. The van der Waals surface area contributed by atoms with Crippen molar-refractivity contribution in [1.82, 2.24) is 0 Å². The molecule has 1 N–H and O–H groups in total. The molecule has 1 aromatic carbocycles. The van der Waals surface area contributed by atoms with Gasteiger partial charge in [-0.05, 0) is 42.5 Å². The van der Waals surface area contributed by atoms with Gasteiger partial charge in [-0.25, -0.2) is 0 Å². The van der Waals surface area contributed by atoms with Crippen LogP contribution in [0.1, 0.15) is 31.4 Å². The molecule has 4 atom stereocenters. The first kappa shape index (κ1) is 22.0. The number of methoxy groups -OCH3 is 4. The van der Waals surface area contributed by atoms with Crippen LogP contribution in [0.4, 0.5) is 0 Å². The van der Waals surface area contributed by atoms with E-state index in [1.165, 1.54) is 21.3 Å². The van der Waals surface area contributed by atoms with Crippen molar-refractivity contribution in [3.05, 3.63) is 42.5 Å². The zero-order chi connectivity index (χ0) is 20.9. The Morgan fingerprint density at radius 2 is 1.82 bits per heavy atom. The van der Waals surface area contributed by atoms with Crippen LogP contribution in [0, 0.1) is 11.3 Å². The summed E-state index contributed by atoms with van der Waals surface area (Å²) in [5.74, 6) is 0.921. The molecule has 2 rings (SSSR count). The Labute approximate surface area is 166 Å². The van der Waals surface area contributed by atoms with Crippen LogP contribution >= 0.6 is 0 Å². The van der Waals surface area contributed by atoms with E-state index in [0.29, 0.717) is 35.7 Å². The van der Waals surface area contributed by atoms with Crippen molar-refractivity contribution < 1.29 is 28.8 Å². The Morgan fingerprint density at radius 1 is 1.21 bits per heavy atom. The average Bonchev–Trinajstić information content (AvgIpc) is 2.73. The molecule has 154 valence electrons. The fraction of sp³-hybridized carbons (Fsp3) is 0.500. The number of aliphatic hydroxyl groups excluding tert-OH is 1. The van der Waals surface area contributed by atoms with Crippen LogP contribution in [0.25, 0.3) is 0 Å². The second-order valence-corrected chi connectivity index (χ2v) is 7.04. The number of carbonyl (C=O) groups excluding carboxylic acids is 1. The molecule has 0 bridgehead atoms. The molecular weight excluding hydrogens is 360 g/mol. The number of carbonyl (C=O) groups is 1. The predicted molar refractivity (Wildman–Crippen MR) is 107 cm³/mol. The van der Waals surface area contributed by atoms with Crippen LogP contribution in [-0.4, -0.2) is 45.4 Å². The predicted octanol–water partition coefficient (Wildman–Crippen LogP) is 3.49. The first-order valence-electron chi connectivity index (χ1n) is 9.22. The quantitative estimate of drug-likeness (QED) is 0.651. The molecule has 0 radical (unpaired) electrons. The van der Waals surface area contributed by atoms with Crippen molar-refractivity contribution in [2.75, 3.05) is 28.4 Å². The van der Waals surface area contributed by atoms with E-state index in [9.17, 15) is 9.90 Å². The molecule has 6 nitrogen and oxygen atoms in total. The molecule has 0 saturated heterocycles. The van der Waals surface area contributed by atoms with Crippen LogP contribution < -0.4 is 14.2 Å². The third kappa shape index (κ3) is 3.93. The molecule has 1 aromatic rings. The first-order valence-corrected chi connectivity index (χ1v) is 9.22. The maximum atomic E-state index is 12.9. The third-order valence-electron chi connectivity index (χ3n) is 5.70. The largest absolute Gasteiger partial charge is 0.493 e. The van der Waals surface area contributed by atoms with E-state index < -0.39 is 17.4 Å². The van der Waals surface area contributed by atoms with Gasteiger partial charge >= 0.3 is 0 Å². The van der Waals surface area contributed by atoms with Crippen molar-refractivity contribution in [1.29, 1.82) is 0 Å². The third-order valence-corrected chi connectivity index (χ3v) is 5.70. The summed E-state index contributed by atoms with van der Waals surface area (Å²) in [6, 6.07) is 3.42. The molecule has 28 heavy (non-hydrogen) atoms. The number of hydrogen-bond donors (Lipinski definition) is 1. The maximum Gasteiger partial charge on any atom is 0.203 e. The Balaban J connectivity index is 2.49. The molecule has 0 spiro atoms. The van der Waals surface area contributed by atoms with Gasteiger partial charge in [-0.3, -0.25) is 4.79 Å². The Bertz CT molecular complexity index is 716. The van der Waals surface area contributed by atoms with E-state index in [0.717, 1.165) is 0 Å². The molecular formula is C22H30O6. The number of hydrogen-bond acceptors (Lipinski definition) is 6. The Hall–Kier alpha value is -2.31. The van der Waals surface area contributed by atoms with Gasteiger partial charge in [0, 0.05) is 12.5 Å². The fourth-order valence-corrected chi connectivity index (χ4v) is 3.95. The lowest BCUT2D eigenvalue weighted by atomic mass is 9.62. The summed E-state index contributed by atoms with van der Waals surface area (Å²) in [4.78, 5) is 12.9. The Morgan fingerprint density at radius 3 is 2.29 bits per heavy atom. The number of ketones is 1. The van der Waals surface area contributed by atoms with E-state index in [4.69, 9.17) is 18.9 Å². The molecule has 0 aliphatic heterocycles. The van der Waals surface area contributed by atoms with Gasteiger partial charge in [0.1, 0.15) is 0 Å². The smallest absolute Gasteiger partial charge is 0.203 e. The summed E-state index contributed by atoms with van der Waals surface area (Å²) in [6.45, 7) is 5.70. The lowest BCUT2D eigenvalue weighted by Crippen LogP contribution is -2.44. The summed E-state index contributed by atoms with van der Waals surface area (Å²) < 4.78 is 21.6. The molecule has 1 aliphatic rings. The number of ether oxygens (including phenoxy) is 4. The minimum absolute atomic E-state index is 0.0281. The molecule has 1 aliphatic carbocycles. The monoisotopic (exact) mass is 390 g/mol. The van der Waals surface area contributed by atoms with E-state index >= 15 is 0 Å². The van der Waals surface area contributed by atoms with Crippen LogP contribution in [0.5, 0.6) is 17.2 Å². The highest BCUT2D eigenvalue weighted by Crippen LogP contribution is 2.48. The molecule has 0 saturated carbocycles. The molecule has 0 amide bonds. The minimum Gasteiger partial charge on any atom is -0.493 e. The van der Waals surface area contributed by atoms with Crippen LogP contribution in [0.2, 0.25) is 0 Å². The van der Waals surface area contributed by atoms with E-state index in [1.807, 2.05) is 6.92 Å². The van der Waals surface area contributed by atoms with Gasteiger partial charge in [0.2, 0.25) is 5.75 Å². The van der Waals surface area contributed by atoms with Gasteiger partial charge in [0.15, 0.2) is 17.3 Å². The zero-order valence-corrected chi connectivity index (χ0v) is 17.2. The lowest BCUT2D eigenvalue weighted by Gasteiger charge is -2.42. The number of allylic oxidation sites excluding steroid dienone is 2. The van der Waals surface area contributed by atoms with E-state index in [1.54, 1.807) is 37.5 Å². The number of aliphatic hydroxyl groups is 1. The normalized spacial score (nSPS) is 23.8. The van der Waals surface area contributed by atoms with E-state index in [-0.39, 0.29) is 11.9 Å². The highest BCUT2D eigenvalue weighted by molar-refractivity contribution is 5.96. The van der Waals surface area contributed by atoms with Crippen molar-refractivity contribution in [3.63, 3.8) is 0 Å². The second-order valence-electron chi connectivity index (χ2n) is 7.04. The lowest BCUT2D eigenvalue weighted by molar-refractivity contribution is -0.133. The molecule has 0 aromatic heterocycles. The van der Waals surface area contributed by atoms with Gasteiger partial charge in [-0.15, -0.1) is 6.58 Å². The fourth-order valence-electron chi connectivity index (χ4n) is 3.95. The highest BCUT2D eigenvalue weighted by Gasteiger charge is 2.47. The van der Waals surface area contributed by atoms with Crippen molar-refractivity contribution in [2.24, 2.45) is 11.3 Å². The van der Waals surface area contributed by atoms with Gasteiger partial charge < -0.3 is 24.1 Å². The van der Waals surface area contributed by atoms with Crippen molar-refractivity contribution in [2.45, 2.75) is 32.0 Å². The van der Waals surface area contributed by atoms with E-state index in [2.05, 4.69) is 6.58 Å². The summed E-state index contributed by atoms with van der Waals surface area (Å²) in [7, 11) is 6.18. The standard InChI is InChI=1S/C22H30O6/c1-7-10-22(13-16(25-3)8-9-19(22)23)14(2)20(24)15-11-17(26-4)21(28-6)18(12-15)27-5/h7-9,11-12,14,16,20,24H,1,10,13H2,2-6H3/t14-,16+,20-,22-/m1/s1. The summed E-state index contributed by atoms with van der Waals surface area (Å²) in [5.41, 5.74) is -0.224. The molecule has 0 fully saturated rings. The highest BCUT2D eigenvalue weighted by atomic mass is 16.5. The van der Waals surface area contributed by atoms with Gasteiger partial charge in [-0.1, -0.05) is 19.1 Å². The van der Waals surface area contributed by atoms with Crippen LogP contribution in [0.3, 0.4) is 0 Å². The van der Waals surface area contributed by atoms with Crippen LogP contribution in [-0.2, 0) is 9.53 Å². The summed E-state index contributed by atoms with van der Waals surface area (Å²) >= 11 is 0. The number of rotatable bonds is 9. The van der Waals surface area contributed by atoms with Crippen LogP contribution in [0.15, 0.2) is 36.9 Å². The second kappa shape index (κ2) is 9.26. The number of benzene rings is 1.